The van der Waals surface area contributed by atoms with Crippen molar-refractivity contribution >= 4 is 11.8 Å². The number of carbonyl (C=O) groups excluding carboxylic acids is 2. The second-order valence-electron chi connectivity index (χ2n) is 6.93. The Morgan fingerprint density at radius 2 is 2.10 bits per heavy atom. The van der Waals surface area contributed by atoms with E-state index in [9.17, 15) is 14.0 Å². The Bertz CT molecular complexity index is 758. The summed E-state index contributed by atoms with van der Waals surface area (Å²) in [6, 6.07) is 5.67. The third kappa shape index (κ3) is 8.44. The van der Waals surface area contributed by atoms with E-state index in [1.165, 1.54) is 12.1 Å². The highest BCUT2D eigenvalue weighted by Gasteiger charge is 2.21. The molecule has 158 valence electrons. The zero-order valence-corrected chi connectivity index (χ0v) is 17.5. The number of amides is 2. The van der Waals surface area contributed by atoms with E-state index in [1.54, 1.807) is 48.4 Å². The molecule has 0 saturated carbocycles. The third-order valence-corrected chi connectivity index (χ3v) is 4.64. The average Bonchev–Trinajstić information content (AvgIpc) is 2.67. The standard InChI is InChI=1S/C23H32FN3O2/c1-5-9-18(10-6-2)23(29)26-16-21(7-3)27(4)22(28)15-20(25)14-17-11-8-12-19(24)13-17/h5-6,8-13,20-21H,1,7,14-16,25H2,2-4H3,(H,26,29)/b10-6-,18-9+/t20?,21-/m0/s1. The number of hydrogen-bond acceptors (Lipinski definition) is 3. The van der Waals surface area contributed by atoms with E-state index < -0.39 is 6.04 Å². The van der Waals surface area contributed by atoms with Gasteiger partial charge >= 0.3 is 0 Å². The summed E-state index contributed by atoms with van der Waals surface area (Å²) in [7, 11) is 1.71. The Morgan fingerprint density at radius 1 is 1.38 bits per heavy atom. The van der Waals surface area contributed by atoms with Crippen molar-refractivity contribution in [2.75, 3.05) is 13.6 Å². The van der Waals surface area contributed by atoms with Crippen molar-refractivity contribution in [2.24, 2.45) is 5.73 Å². The van der Waals surface area contributed by atoms with Crippen LogP contribution in [-0.2, 0) is 16.0 Å². The third-order valence-electron chi connectivity index (χ3n) is 4.64. The van der Waals surface area contributed by atoms with Crippen LogP contribution in [0.15, 0.2) is 60.7 Å². The maximum absolute atomic E-state index is 13.3. The van der Waals surface area contributed by atoms with Gasteiger partial charge in [0.05, 0.1) is 0 Å². The van der Waals surface area contributed by atoms with E-state index in [-0.39, 0.29) is 30.1 Å². The lowest BCUT2D eigenvalue weighted by Crippen LogP contribution is -2.46. The molecule has 0 aliphatic heterocycles. The second kappa shape index (κ2) is 12.7. The molecule has 3 N–H and O–H groups in total. The van der Waals surface area contributed by atoms with Gasteiger partial charge in [0.15, 0.2) is 0 Å². The fraction of sp³-hybridized carbons (Fsp3) is 0.391. The van der Waals surface area contributed by atoms with E-state index in [0.29, 0.717) is 25.0 Å². The summed E-state index contributed by atoms with van der Waals surface area (Å²) in [6.45, 7) is 7.74. The van der Waals surface area contributed by atoms with Gasteiger partial charge in [-0.2, -0.15) is 0 Å². The molecule has 1 aromatic rings. The molecule has 2 atom stereocenters. The molecule has 0 saturated heterocycles. The van der Waals surface area contributed by atoms with Crippen molar-refractivity contribution < 1.29 is 14.0 Å². The van der Waals surface area contributed by atoms with Crippen molar-refractivity contribution in [3.05, 3.63) is 72.1 Å². The van der Waals surface area contributed by atoms with Gasteiger partial charge in [-0.3, -0.25) is 9.59 Å². The quantitative estimate of drug-likeness (QED) is 0.442. The van der Waals surface area contributed by atoms with Gasteiger partial charge in [-0.1, -0.05) is 49.9 Å². The number of carbonyl (C=O) groups is 2. The van der Waals surface area contributed by atoms with Gasteiger partial charge in [0.2, 0.25) is 5.91 Å². The minimum Gasteiger partial charge on any atom is -0.350 e. The molecule has 0 radical (unpaired) electrons. The lowest BCUT2D eigenvalue weighted by Gasteiger charge is -2.28. The molecule has 0 fully saturated rings. The Morgan fingerprint density at radius 3 is 2.69 bits per heavy atom. The topological polar surface area (TPSA) is 75.4 Å². The lowest BCUT2D eigenvalue weighted by molar-refractivity contribution is -0.132. The molecule has 1 unspecified atom stereocenters. The van der Waals surface area contributed by atoms with Gasteiger partial charge in [0.25, 0.3) is 5.91 Å². The van der Waals surface area contributed by atoms with Crippen LogP contribution in [0, 0.1) is 5.82 Å². The van der Waals surface area contributed by atoms with Gasteiger partial charge in [-0.25, -0.2) is 4.39 Å². The molecule has 1 rings (SSSR count). The number of likely N-dealkylation sites (N-methyl/N-ethyl adjacent to an activating group) is 1. The first kappa shape index (κ1) is 24.3. The predicted octanol–water partition coefficient (Wildman–Crippen LogP) is 3.13. The molecular formula is C23H32FN3O2. The number of halogens is 1. The number of benzene rings is 1. The molecule has 0 heterocycles. The maximum Gasteiger partial charge on any atom is 0.251 e. The SMILES string of the molecule is C=C/C=C(\C=C/C)C(=O)NC[C@H](CC)N(C)C(=O)CC(N)Cc1cccc(F)c1. The van der Waals surface area contributed by atoms with Crippen LogP contribution in [0.2, 0.25) is 0 Å². The van der Waals surface area contributed by atoms with Crippen molar-refractivity contribution in [1.82, 2.24) is 10.2 Å². The van der Waals surface area contributed by atoms with E-state index in [4.69, 9.17) is 5.73 Å². The molecular weight excluding hydrogens is 369 g/mol. The first-order valence-corrected chi connectivity index (χ1v) is 9.81. The summed E-state index contributed by atoms with van der Waals surface area (Å²) in [5.41, 5.74) is 7.37. The van der Waals surface area contributed by atoms with Crippen molar-refractivity contribution in [2.45, 2.75) is 45.2 Å². The first-order valence-electron chi connectivity index (χ1n) is 9.81. The highest BCUT2D eigenvalue weighted by atomic mass is 19.1. The Kier molecular flexibility index (Phi) is 10.6. The van der Waals surface area contributed by atoms with Gasteiger partial charge in [-0.05, 0) is 37.5 Å². The summed E-state index contributed by atoms with van der Waals surface area (Å²) in [5, 5.41) is 2.87. The Hall–Kier alpha value is -2.73. The highest BCUT2D eigenvalue weighted by molar-refractivity contribution is 5.96. The molecule has 29 heavy (non-hydrogen) atoms. The summed E-state index contributed by atoms with van der Waals surface area (Å²) < 4.78 is 13.3. The molecule has 6 heteroatoms. The van der Waals surface area contributed by atoms with E-state index in [2.05, 4.69) is 11.9 Å². The van der Waals surface area contributed by atoms with Crippen LogP contribution in [-0.4, -0.2) is 42.4 Å². The van der Waals surface area contributed by atoms with Crippen LogP contribution in [0.5, 0.6) is 0 Å². The number of hydrogen-bond donors (Lipinski definition) is 2. The largest absolute Gasteiger partial charge is 0.350 e. The molecule has 0 bridgehead atoms. The Balaban J connectivity index is 2.62. The van der Waals surface area contributed by atoms with Crippen molar-refractivity contribution in [3.8, 4) is 0 Å². The van der Waals surface area contributed by atoms with E-state index in [1.807, 2.05) is 13.8 Å². The summed E-state index contributed by atoms with van der Waals surface area (Å²) in [4.78, 5) is 26.6. The van der Waals surface area contributed by atoms with Crippen molar-refractivity contribution in [1.29, 1.82) is 0 Å². The fourth-order valence-corrected chi connectivity index (χ4v) is 2.99. The van der Waals surface area contributed by atoms with Gasteiger partial charge in [0, 0.05) is 37.7 Å². The van der Waals surface area contributed by atoms with Crippen LogP contribution in [0.1, 0.15) is 32.3 Å². The zero-order valence-electron chi connectivity index (χ0n) is 17.5. The molecule has 2 amide bonds. The van der Waals surface area contributed by atoms with E-state index in [0.717, 1.165) is 5.56 Å². The molecule has 1 aromatic carbocycles. The molecule has 0 spiro atoms. The highest BCUT2D eigenvalue weighted by Crippen LogP contribution is 2.10. The maximum atomic E-state index is 13.3. The number of nitrogens with one attached hydrogen (secondary N) is 1. The van der Waals surface area contributed by atoms with Crippen molar-refractivity contribution in [3.63, 3.8) is 0 Å². The summed E-state index contributed by atoms with van der Waals surface area (Å²) in [6.07, 6.45) is 7.94. The smallest absolute Gasteiger partial charge is 0.251 e. The normalized spacial score (nSPS) is 13.8. The predicted molar refractivity (Wildman–Crippen MR) is 116 cm³/mol. The number of nitrogens with zero attached hydrogens (tertiary/aromatic N) is 1. The lowest BCUT2D eigenvalue weighted by atomic mass is 10.0. The van der Waals surface area contributed by atoms with Crippen LogP contribution >= 0.6 is 0 Å². The number of allylic oxidation sites excluding steroid dienone is 3. The molecule has 0 aliphatic rings. The number of rotatable bonds is 11. The van der Waals surface area contributed by atoms with E-state index >= 15 is 0 Å². The summed E-state index contributed by atoms with van der Waals surface area (Å²) in [5.74, 6) is -0.641. The van der Waals surface area contributed by atoms with Crippen LogP contribution in [0.25, 0.3) is 0 Å². The minimum atomic E-state index is -0.407. The van der Waals surface area contributed by atoms with Crippen LogP contribution < -0.4 is 11.1 Å². The monoisotopic (exact) mass is 401 g/mol. The zero-order chi connectivity index (χ0) is 21.8. The first-order chi connectivity index (χ1) is 13.8. The molecule has 0 aromatic heterocycles. The second-order valence-corrected chi connectivity index (χ2v) is 6.93. The van der Waals surface area contributed by atoms with Crippen LogP contribution in [0.3, 0.4) is 0 Å². The van der Waals surface area contributed by atoms with Gasteiger partial charge < -0.3 is 16.0 Å². The average molecular weight is 402 g/mol. The summed E-state index contributed by atoms with van der Waals surface area (Å²) >= 11 is 0. The molecule has 0 aliphatic carbocycles. The van der Waals surface area contributed by atoms with Crippen LogP contribution in [0.4, 0.5) is 4.39 Å². The fourth-order valence-electron chi connectivity index (χ4n) is 2.99. The molecule has 5 nitrogen and oxygen atoms in total. The van der Waals surface area contributed by atoms with Gasteiger partial charge in [0.1, 0.15) is 5.82 Å². The van der Waals surface area contributed by atoms with Gasteiger partial charge in [-0.15, -0.1) is 0 Å². The Labute approximate surface area is 173 Å². The minimum absolute atomic E-state index is 0.106. The number of nitrogens with two attached hydrogens (primary N) is 1.